The van der Waals surface area contributed by atoms with E-state index in [4.69, 9.17) is 4.74 Å². The number of aromatic nitrogens is 2. The van der Waals surface area contributed by atoms with Crippen molar-refractivity contribution in [2.75, 3.05) is 20.8 Å². The van der Waals surface area contributed by atoms with Gasteiger partial charge in [-0.1, -0.05) is 0 Å². The Morgan fingerprint density at radius 1 is 1.62 bits per heavy atom. The molecule has 0 radical (unpaired) electrons. The van der Waals surface area contributed by atoms with Crippen LogP contribution in [0.4, 0.5) is 0 Å². The maximum absolute atomic E-state index is 12.1. The summed E-state index contributed by atoms with van der Waals surface area (Å²) in [4.78, 5) is 0.206. The molecule has 92 valence electrons. The number of aromatic amines is 1. The fourth-order valence-corrected chi connectivity index (χ4v) is 2.80. The molecule has 0 fully saturated rings. The molecule has 6 nitrogen and oxygen atoms in total. The van der Waals surface area contributed by atoms with Gasteiger partial charge in [-0.05, 0) is 13.8 Å². The highest BCUT2D eigenvalue weighted by Gasteiger charge is 2.27. The van der Waals surface area contributed by atoms with Gasteiger partial charge in [-0.3, -0.25) is 5.10 Å². The lowest BCUT2D eigenvalue weighted by molar-refractivity contribution is 0.149. The maximum Gasteiger partial charge on any atom is 0.246 e. The van der Waals surface area contributed by atoms with E-state index in [-0.39, 0.29) is 10.9 Å². The van der Waals surface area contributed by atoms with Crippen molar-refractivity contribution in [3.05, 3.63) is 11.9 Å². The molecule has 0 spiro atoms. The van der Waals surface area contributed by atoms with Crippen LogP contribution in [-0.4, -0.2) is 49.7 Å². The summed E-state index contributed by atoms with van der Waals surface area (Å²) < 4.78 is 30.5. The normalized spacial score (nSPS) is 14.3. The average molecular weight is 247 g/mol. The Morgan fingerprint density at radius 2 is 2.25 bits per heavy atom. The summed E-state index contributed by atoms with van der Waals surface area (Å²) in [6.45, 7) is 3.82. The molecule has 0 aliphatic carbocycles. The van der Waals surface area contributed by atoms with Gasteiger partial charge in [-0.15, -0.1) is 0 Å². The van der Waals surface area contributed by atoms with Crippen LogP contribution in [0.2, 0.25) is 0 Å². The summed E-state index contributed by atoms with van der Waals surface area (Å²) in [6.07, 6.45) is 1.32. The van der Waals surface area contributed by atoms with Crippen LogP contribution < -0.4 is 0 Å². The summed E-state index contributed by atoms with van der Waals surface area (Å²) >= 11 is 0. The number of likely N-dealkylation sites (N-methyl/N-ethyl adjacent to an activating group) is 1. The Morgan fingerprint density at radius 3 is 2.69 bits per heavy atom. The van der Waals surface area contributed by atoms with Gasteiger partial charge in [-0.25, -0.2) is 8.42 Å². The first kappa shape index (κ1) is 13.1. The highest BCUT2D eigenvalue weighted by atomic mass is 32.2. The molecule has 0 aliphatic heterocycles. The minimum Gasteiger partial charge on any atom is -0.383 e. The second-order valence-corrected chi connectivity index (χ2v) is 5.65. The molecule has 0 aromatic carbocycles. The predicted molar refractivity (Wildman–Crippen MR) is 59.6 cm³/mol. The molecule has 1 aromatic heterocycles. The van der Waals surface area contributed by atoms with Crippen LogP contribution >= 0.6 is 0 Å². The lowest BCUT2D eigenvalue weighted by Crippen LogP contribution is -2.37. The first-order chi connectivity index (χ1) is 7.41. The Kier molecular flexibility index (Phi) is 4.06. The molecule has 0 amide bonds. The number of ether oxygens (including phenoxy) is 1. The zero-order chi connectivity index (χ0) is 12.3. The van der Waals surface area contributed by atoms with E-state index in [0.717, 1.165) is 0 Å². The number of hydrogen-bond donors (Lipinski definition) is 1. The van der Waals surface area contributed by atoms with Gasteiger partial charge in [0.2, 0.25) is 10.0 Å². The summed E-state index contributed by atoms with van der Waals surface area (Å²) in [7, 11) is -0.413. The molecule has 1 heterocycles. The predicted octanol–water partition coefficient (Wildman–Crippen LogP) is 0.374. The lowest BCUT2D eigenvalue weighted by atomic mass is 10.4. The van der Waals surface area contributed by atoms with Crippen LogP contribution in [0, 0.1) is 6.92 Å². The Bertz CT molecular complexity index is 441. The van der Waals surface area contributed by atoms with E-state index in [2.05, 4.69) is 10.2 Å². The molecule has 0 bridgehead atoms. The van der Waals surface area contributed by atoms with E-state index in [1.54, 1.807) is 21.0 Å². The van der Waals surface area contributed by atoms with E-state index >= 15 is 0 Å². The summed E-state index contributed by atoms with van der Waals surface area (Å²) in [5.74, 6) is 0. The Balaban J connectivity index is 2.99. The van der Waals surface area contributed by atoms with Crippen molar-refractivity contribution in [2.45, 2.75) is 24.8 Å². The number of nitrogens with one attached hydrogen (secondary N) is 1. The first-order valence-corrected chi connectivity index (χ1v) is 6.32. The van der Waals surface area contributed by atoms with Crippen molar-refractivity contribution >= 4 is 10.0 Å². The van der Waals surface area contributed by atoms with Gasteiger partial charge in [0.25, 0.3) is 0 Å². The van der Waals surface area contributed by atoms with Crippen LogP contribution in [0.5, 0.6) is 0 Å². The number of hydrogen-bond acceptors (Lipinski definition) is 4. The van der Waals surface area contributed by atoms with E-state index in [0.29, 0.717) is 12.3 Å². The molecule has 1 rings (SSSR count). The largest absolute Gasteiger partial charge is 0.383 e. The fourth-order valence-electron chi connectivity index (χ4n) is 1.34. The first-order valence-electron chi connectivity index (χ1n) is 4.88. The minimum absolute atomic E-state index is 0.206. The SMILES string of the molecule is COCC(C)N(C)S(=O)(=O)c1cn[nH]c1C. The topological polar surface area (TPSA) is 75.3 Å². The zero-order valence-corrected chi connectivity index (χ0v) is 10.7. The number of sulfonamides is 1. The van der Waals surface area contributed by atoms with Crippen molar-refractivity contribution < 1.29 is 13.2 Å². The fraction of sp³-hybridized carbons (Fsp3) is 0.667. The van der Waals surface area contributed by atoms with Gasteiger partial charge in [0.1, 0.15) is 4.90 Å². The number of nitrogens with zero attached hydrogens (tertiary/aromatic N) is 2. The zero-order valence-electron chi connectivity index (χ0n) is 9.89. The smallest absolute Gasteiger partial charge is 0.246 e. The van der Waals surface area contributed by atoms with Crippen molar-refractivity contribution in [2.24, 2.45) is 0 Å². The van der Waals surface area contributed by atoms with Crippen molar-refractivity contribution in [3.63, 3.8) is 0 Å². The number of H-pyrrole nitrogens is 1. The van der Waals surface area contributed by atoms with E-state index in [9.17, 15) is 8.42 Å². The standard InChI is InChI=1S/C9H17N3O3S/c1-7(6-15-4)12(3)16(13,14)9-5-10-11-8(9)2/h5,7H,6H2,1-4H3,(H,10,11). The third kappa shape index (κ3) is 2.42. The van der Waals surface area contributed by atoms with Gasteiger partial charge >= 0.3 is 0 Å². The van der Waals surface area contributed by atoms with Crippen LogP contribution in [0.3, 0.4) is 0 Å². The average Bonchev–Trinajstić information content (AvgIpc) is 2.64. The number of methoxy groups -OCH3 is 1. The van der Waals surface area contributed by atoms with Crippen molar-refractivity contribution in [3.8, 4) is 0 Å². The lowest BCUT2D eigenvalue weighted by Gasteiger charge is -2.23. The maximum atomic E-state index is 12.1. The second-order valence-electron chi connectivity index (χ2n) is 3.68. The molecular weight excluding hydrogens is 230 g/mol. The molecular formula is C9H17N3O3S. The van der Waals surface area contributed by atoms with Gasteiger partial charge in [0.05, 0.1) is 18.5 Å². The number of aryl methyl sites for hydroxylation is 1. The van der Waals surface area contributed by atoms with Crippen molar-refractivity contribution in [1.29, 1.82) is 0 Å². The highest BCUT2D eigenvalue weighted by molar-refractivity contribution is 7.89. The second kappa shape index (κ2) is 4.94. The monoisotopic (exact) mass is 247 g/mol. The van der Waals surface area contributed by atoms with Gasteiger partial charge in [0.15, 0.2) is 0 Å². The minimum atomic E-state index is -3.49. The highest BCUT2D eigenvalue weighted by Crippen LogP contribution is 2.18. The molecule has 16 heavy (non-hydrogen) atoms. The molecule has 1 N–H and O–H groups in total. The molecule has 0 saturated heterocycles. The summed E-state index contributed by atoms with van der Waals surface area (Å²) in [5, 5.41) is 6.33. The summed E-state index contributed by atoms with van der Waals surface area (Å²) in [6, 6.07) is -0.218. The van der Waals surface area contributed by atoms with Crippen LogP contribution in [0.25, 0.3) is 0 Å². The van der Waals surface area contributed by atoms with E-state index in [1.165, 1.54) is 17.5 Å². The number of rotatable bonds is 5. The molecule has 0 aliphatic rings. The van der Waals surface area contributed by atoms with Crippen molar-refractivity contribution in [1.82, 2.24) is 14.5 Å². The Labute approximate surface area is 95.7 Å². The third-order valence-corrected chi connectivity index (χ3v) is 4.55. The van der Waals surface area contributed by atoms with Gasteiger partial charge in [-0.2, -0.15) is 9.40 Å². The van der Waals surface area contributed by atoms with Gasteiger partial charge < -0.3 is 4.74 Å². The summed E-state index contributed by atoms with van der Waals surface area (Å²) in [5.41, 5.74) is 0.538. The molecule has 0 saturated carbocycles. The van der Waals surface area contributed by atoms with Gasteiger partial charge in [0, 0.05) is 20.2 Å². The third-order valence-electron chi connectivity index (χ3n) is 2.47. The van der Waals surface area contributed by atoms with E-state index < -0.39 is 10.0 Å². The molecule has 1 aromatic rings. The van der Waals surface area contributed by atoms with Crippen LogP contribution in [-0.2, 0) is 14.8 Å². The molecule has 1 atom stereocenters. The van der Waals surface area contributed by atoms with Crippen LogP contribution in [0.15, 0.2) is 11.1 Å². The van der Waals surface area contributed by atoms with E-state index in [1.807, 2.05) is 0 Å². The van der Waals surface area contributed by atoms with Crippen LogP contribution in [0.1, 0.15) is 12.6 Å². The quantitative estimate of drug-likeness (QED) is 0.816. The molecule has 1 unspecified atom stereocenters. The Hall–Kier alpha value is -0.920. The molecule has 7 heteroatoms.